The van der Waals surface area contributed by atoms with Gasteiger partial charge in [-0.25, -0.2) is 4.98 Å². The Morgan fingerprint density at radius 1 is 1.30 bits per heavy atom. The molecule has 1 aliphatic carbocycles. The van der Waals surface area contributed by atoms with E-state index in [0.29, 0.717) is 12.0 Å². The molecular formula is C19H25N3O. The van der Waals surface area contributed by atoms with Crippen molar-refractivity contribution in [1.82, 2.24) is 14.9 Å². The van der Waals surface area contributed by atoms with E-state index in [1.54, 1.807) is 6.20 Å². The predicted octanol–water partition coefficient (Wildman–Crippen LogP) is 3.81. The molecule has 0 radical (unpaired) electrons. The zero-order valence-electron chi connectivity index (χ0n) is 13.9. The summed E-state index contributed by atoms with van der Waals surface area (Å²) >= 11 is 0. The van der Waals surface area contributed by atoms with Crippen molar-refractivity contribution in [2.75, 3.05) is 0 Å². The van der Waals surface area contributed by atoms with Crippen molar-refractivity contribution in [2.24, 2.45) is 5.92 Å². The number of benzene rings is 1. The SMILES string of the molecule is C[C@@H]1CCC[C@H](NC(=O)[C@H](C)n2ccnc2-c2ccccc2)C1. The third kappa shape index (κ3) is 3.63. The summed E-state index contributed by atoms with van der Waals surface area (Å²) in [6.07, 6.45) is 8.32. The second-order valence-corrected chi connectivity index (χ2v) is 6.68. The van der Waals surface area contributed by atoms with E-state index in [1.165, 1.54) is 12.8 Å². The van der Waals surface area contributed by atoms with Gasteiger partial charge in [0.05, 0.1) is 0 Å². The molecule has 23 heavy (non-hydrogen) atoms. The largest absolute Gasteiger partial charge is 0.352 e. The Kier molecular flexibility index (Phi) is 4.79. The van der Waals surface area contributed by atoms with Gasteiger partial charge in [-0.1, -0.05) is 50.1 Å². The lowest BCUT2D eigenvalue weighted by Gasteiger charge is -2.29. The van der Waals surface area contributed by atoms with E-state index < -0.39 is 0 Å². The zero-order valence-corrected chi connectivity index (χ0v) is 13.9. The topological polar surface area (TPSA) is 46.9 Å². The van der Waals surface area contributed by atoms with E-state index in [2.05, 4.69) is 17.2 Å². The number of nitrogens with one attached hydrogen (secondary N) is 1. The quantitative estimate of drug-likeness (QED) is 0.933. The molecule has 1 aromatic carbocycles. The molecule has 4 nitrogen and oxygen atoms in total. The first-order chi connectivity index (χ1) is 11.1. The van der Waals surface area contributed by atoms with Crippen molar-refractivity contribution >= 4 is 5.91 Å². The van der Waals surface area contributed by atoms with Crippen LogP contribution in [-0.4, -0.2) is 21.5 Å². The molecule has 3 rings (SSSR count). The van der Waals surface area contributed by atoms with Gasteiger partial charge in [-0.2, -0.15) is 0 Å². The lowest BCUT2D eigenvalue weighted by Crippen LogP contribution is -2.41. The Labute approximate surface area is 137 Å². The van der Waals surface area contributed by atoms with Crippen LogP contribution in [0.4, 0.5) is 0 Å². The Hall–Kier alpha value is -2.10. The molecule has 0 unspecified atom stereocenters. The van der Waals surface area contributed by atoms with Crippen molar-refractivity contribution in [3.63, 3.8) is 0 Å². The molecule has 1 aromatic heterocycles. The number of aromatic nitrogens is 2. The van der Waals surface area contributed by atoms with Crippen molar-refractivity contribution in [1.29, 1.82) is 0 Å². The van der Waals surface area contributed by atoms with Gasteiger partial charge in [-0.05, 0) is 25.7 Å². The van der Waals surface area contributed by atoms with Crippen molar-refractivity contribution < 1.29 is 4.79 Å². The molecule has 0 saturated heterocycles. The van der Waals surface area contributed by atoms with E-state index in [4.69, 9.17) is 0 Å². The molecular weight excluding hydrogens is 286 g/mol. The Morgan fingerprint density at radius 2 is 2.09 bits per heavy atom. The number of carbonyl (C=O) groups excluding carboxylic acids is 1. The molecule has 1 N–H and O–H groups in total. The summed E-state index contributed by atoms with van der Waals surface area (Å²) in [4.78, 5) is 17.1. The summed E-state index contributed by atoms with van der Waals surface area (Å²) in [7, 11) is 0. The summed E-state index contributed by atoms with van der Waals surface area (Å²) in [5.41, 5.74) is 1.03. The molecule has 2 aromatic rings. The maximum atomic E-state index is 12.6. The van der Waals surface area contributed by atoms with Crippen LogP contribution in [0.25, 0.3) is 11.4 Å². The Balaban J connectivity index is 1.72. The highest BCUT2D eigenvalue weighted by atomic mass is 16.2. The van der Waals surface area contributed by atoms with Gasteiger partial charge < -0.3 is 9.88 Å². The van der Waals surface area contributed by atoms with Crippen LogP contribution in [-0.2, 0) is 4.79 Å². The molecule has 0 bridgehead atoms. The Bertz CT molecular complexity index is 650. The molecule has 1 heterocycles. The van der Waals surface area contributed by atoms with Gasteiger partial charge in [0.2, 0.25) is 5.91 Å². The molecule has 1 aliphatic rings. The lowest BCUT2D eigenvalue weighted by molar-refractivity contribution is -0.124. The number of amides is 1. The third-order valence-corrected chi connectivity index (χ3v) is 4.78. The summed E-state index contributed by atoms with van der Waals surface area (Å²) in [6.45, 7) is 4.21. The number of hydrogen-bond acceptors (Lipinski definition) is 2. The number of nitrogens with zero attached hydrogens (tertiary/aromatic N) is 2. The van der Waals surface area contributed by atoms with Crippen LogP contribution in [0.2, 0.25) is 0 Å². The molecule has 122 valence electrons. The zero-order chi connectivity index (χ0) is 16.2. The van der Waals surface area contributed by atoms with Crippen LogP contribution < -0.4 is 5.32 Å². The predicted molar refractivity (Wildman–Crippen MR) is 91.9 cm³/mol. The monoisotopic (exact) mass is 311 g/mol. The molecule has 3 atom stereocenters. The summed E-state index contributed by atoms with van der Waals surface area (Å²) < 4.78 is 1.96. The van der Waals surface area contributed by atoms with Crippen LogP contribution in [0.5, 0.6) is 0 Å². The average Bonchev–Trinajstić information content (AvgIpc) is 3.04. The van der Waals surface area contributed by atoms with Gasteiger partial charge in [0, 0.05) is 24.0 Å². The van der Waals surface area contributed by atoms with Crippen molar-refractivity contribution in [3.05, 3.63) is 42.7 Å². The van der Waals surface area contributed by atoms with Crippen LogP contribution in [0, 0.1) is 5.92 Å². The van der Waals surface area contributed by atoms with Crippen molar-refractivity contribution in [3.8, 4) is 11.4 Å². The second-order valence-electron chi connectivity index (χ2n) is 6.68. The molecule has 0 aliphatic heterocycles. The highest BCUT2D eigenvalue weighted by Crippen LogP contribution is 2.25. The highest BCUT2D eigenvalue weighted by molar-refractivity contribution is 5.81. The fourth-order valence-electron chi connectivity index (χ4n) is 3.45. The first-order valence-corrected chi connectivity index (χ1v) is 8.53. The first-order valence-electron chi connectivity index (χ1n) is 8.53. The number of carbonyl (C=O) groups is 1. The van der Waals surface area contributed by atoms with Crippen LogP contribution >= 0.6 is 0 Å². The fraction of sp³-hybridized carbons (Fsp3) is 0.474. The van der Waals surface area contributed by atoms with Crippen LogP contribution in [0.3, 0.4) is 0 Å². The summed E-state index contributed by atoms with van der Waals surface area (Å²) in [6, 6.07) is 10.1. The van der Waals surface area contributed by atoms with Crippen LogP contribution in [0.15, 0.2) is 42.7 Å². The second kappa shape index (κ2) is 6.99. The third-order valence-electron chi connectivity index (χ3n) is 4.78. The van der Waals surface area contributed by atoms with Crippen LogP contribution in [0.1, 0.15) is 45.6 Å². The van der Waals surface area contributed by atoms with Gasteiger partial charge in [0.25, 0.3) is 0 Å². The standard InChI is InChI=1S/C19H25N3O/c1-14-7-6-10-17(13-14)21-19(23)15(2)22-12-11-20-18(22)16-8-4-3-5-9-16/h3-5,8-9,11-12,14-15,17H,6-7,10,13H2,1-2H3,(H,21,23)/t14-,15+,17+/m1/s1. The van der Waals surface area contributed by atoms with Gasteiger partial charge in [-0.15, -0.1) is 0 Å². The molecule has 1 saturated carbocycles. The van der Waals surface area contributed by atoms with Gasteiger partial charge in [0.15, 0.2) is 0 Å². The van der Waals surface area contributed by atoms with E-state index >= 15 is 0 Å². The highest BCUT2D eigenvalue weighted by Gasteiger charge is 2.24. The minimum Gasteiger partial charge on any atom is -0.352 e. The van der Waals surface area contributed by atoms with E-state index in [-0.39, 0.29) is 11.9 Å². The minimum atomic E-state index is -0.259. The summed E-state index contributed by atoms with van der Waals surface area (Å²) in [5, 5.41) is 3.23. The number of hydrogen-bond donors (Lipinski definition) is 1. The lowest BCUT2D eigenvalue weighted by atomic mass is 9.87. The van der Waals surface area contributed by atoms with E-state index in [0.717, 1.165) is 24.2 Å². The van der Waals surface area contributed by atoms with E-state index in [9.17, 15) is 4.79 Å². The maximum Gasteiger partial charge on any atom is 0.243 e. The van der Waals surface area contributed by atoms with E-state index in [1.807, 2.05) is 48.0 Å². The number of rotatable bonds is 4. The molecule has 1 amide bonds. The smallest absolute Gasteiger partial charge is 0.243 e. The van der Waals surface area contributed by atoms with Gasteiger partial charge >= 0.3 is 0 Å². The summed E-state index contributed by atoms with van der Waals surface area (Å²) in [5.74, 6) is 1.63. The first kappa shape index (κ1) is 15.8. The van der Waals surface area contributed by atoms with Gasteiger partial charge in [0.1, 0.15) is 11.9 Å². The minimum absolute atomic E-state index is 0.0827. The molecule has 4 heteroatoms. The Morgan fingerprint density at radius 3 is 2.83 bits per heavy atom. The normalized spacial score (nSPS) is 22.5. The van der Waals surface area contributed by atoms with Crippen molar-refractivity contribution in [2.45, 2.75) is 51.6 Å². The van der Waals surface area contributed by atoms with Gasteiger partial charge in [-0.3, -0.25) is 4.79 Å². The molecule has 1 fully saturated rings. The average molecular weight is 311 g/mol. The fourth-order valence-corrected chi connectivity index (χ4v) is 3.45. The number of imidazole rings is 1. The molecule has 0 spiro atoms. The maximum absolute atomic E-state index is 12.6.